The number of aromatic nitrogens is 1. The monoisotopic (exact) mass is 286 g/mol. The van der Waals surface area contributed by atoms with Crippen LogP contribution < -0.4 is 5.73 Å². The zero-order valence-corrected chi connectivity index (χ0v) is 9.94. The van der Waals surface area contributed by atoms with E-state index in [0.717, 1.165) is 24.3 Å². The zero-order valence-electron chi connectivity index (χ0n) is 9.94. The molecule has 0 aliphatic rings. The fraction of sp³-hybridized carbons (Fsp3) is 0.167. The number of primary amides is 1. The van der Waals surface area contributed by atoms with Crippen LogP contribution in [0.5, 0.6) is 0 Å². The van der Waals surface area contributed by atoms with Gasteiger partial charge in [-0.2, -0.15) is 13.2 Å². The van der Waals surface area contributed by atoms with Gasteiger partial charge in [0.15, 0.2) is 11.5 Å². The summed E-state index contributed by atoms with van der Waals surface area (Å²) in [7, 11) is 0. The van der Waals surface area contributed by atoms with Crippen molar-refractivity contribution in [3.63, 3.8) is 0 Å². The molecule has 1 amide bonds. The van der Waals surface area contributed by atoms with Gasteiger partial charge in [0.25, 0.3) is 5.91 Å². The Bertz CT molecular complexity index is 632. The summed E-state index contributed by atoms with van der Waals surface area (Å²) in [5.74, 6) is -0.883. The van der Waals surface area contributed by atoms with Crippen LogP contribution in [0.15, 0.2) is 28.8 Å². The van der Waals surface area contributed by atoms with Crippen LogP contribution in [0.2, 0.25) is 0 Å². The minimum atomic E-state index is -4.45. The first-order valence-electron chi connectivity index (χ1n) is 5.41. The summed E-state index contributed by atoms with van der Waals surface area (Å²) in [6.45, 7) is -0.571. The van der Waals surface area contributed by atoms with Gasteiger partial charge in [0, 0.05) is 5.56 Å². The molecule has 0 fully saturated rings. The molecular weight excluding hydrogens is 277 g/mol. The molecule has 1 aromatic carbocycles. The molecule has 20 heavy (non-hydrogen) atoms. The molecule has 2 rings (SSSR count). The molecule has 2 aromatic rings. The van der Waals surface area contributed by atoms with E-state index < -0.39 is 24.3 Å². The minimum Gasteiger partial charge on any atom is -0.391 e. The summed E-state index contributed by atoms with van der Waals surface area (Å²) in [4.78, 5) is 11.1. The molecule has 0 bridgehead atoms. The van der Waals surface area contributed by atoms with Gasteiger partial charge in [-0.1, -0.05) is 17.3 Å². The number of aliphatic hydroxyl groups excluding tert-OH is 1. The number of halogens is 3. The molecule has 0 atom stereocenters. The number of hydrogen-bond acceptors (Lipinski definition) is 4. The SMILES string of the molecule is NC(=O)c1noc(-c2ccc(C(F)(F)F)cc2)c1CO. The molecule has 0 aliphatic heterocycles. The van der Waals surface area contributed by atoms with E-state index in [1.165, 1.54) is 0 Å². The average Bonchev–Trinajstić information content (AvgIpc) is 2.81. The van der Waals surface area contributed by atoms with Crippen molar-refractivity contribution < 1.29 is 27.6 Å². The number of nitrogens with two attached hydrogens (primary N) is 1. The summed E-state index contributed by atoms with van der Waals surface area (Å²) in [5.41, 5.74) is 4.27. The number of aliphatic hydroxyl groups is 1. The first-order valence-corrected chi connectivity index (χ1v) is 5.41. The maximum Gasteiger partial charge on any atom is 0.416 e. The molecule has 1 aromatic heterocycles. The highest BCUT2D eigenvalue weighted by Crippen LogP contribution is 2.32. The highest BCUT2D eigenvalue weighted by molar-refractivity contribution is 5.93. The van der Waals surface area contributed by atoms with Crippen molar-refractivity contribution >= 4 is 5.91 Å². The van der Waals surface area contributed by atoms with E-state index in [-0.39, 0.29) is 22.6 Å². The second kappa shape index (κ2) is 4.97. The molecule has 0 saturated carbocycles. The average molecular weight is 286 g/mol. The van der Waals surface area contributed by atoms with Gasteiger partial charge in [0.2, 0.25) is 0 Å². The summed E-state index contributed by atoms with van der Waals surface area (Å²) in [5, 5.41) is 12.6. The largest absolute Gasteiger partial charge is 0.416 e. The molecule has 3 N–H and O–H groups in total. The van der Waals surface area contributed by atoms with E-state index in [1.807, 2.05) is 0 Å². The summed E-state index contributed by atoms with van der Waals surface area (Å²) >= 11 is 0. The Balaban J connectivity index is 2.45. The smallest absolute Gasteiger partial charge is 0.391 e. The maximum atomic E-state index is 12.4. The Kier molecular flexibility index (Phi) is 3.49. The second-order valence-corrected chi connectivity index (χ2v) is 3.94. The van der Waals surface area contributed by atoms with E-state index >= 15 is 0 Å². The van der Waals surface area contributed by atoms with E-state index in [2.05, 4.69) is 5.16 Å². The highest BCUT2D eigenvalue weighted by Gasteiger charge is 2.30. The van der Waals surface area contributed by atoms with Crippen LogP contribution >= 0.6 is 0 Å². The van der Waals surface area contributed by atoms with Gasteiger partial charge < -0.3 is 15.4 Å². The molecule has 0 saturated heterocycles. The van der Waals surface area contributed by atoms with Gasteiger partial charge >= 0.3 is 6.18 Å². The van der Waals surface area contributed by atoms with Crippen molar-refractivity contribution in [2.45, 2.75) is 12.8 Å². The summed E-state index contributed by atoms with van der Waals surface area (Å²) < 4.78 is 42.2. The molecule has 0 spiro atoms. The lowest BCUT2D eigenvalue weighted by molar-refractivity contribution is -0.137. The van der Waals surface area contributed by atoms with Crippen molar-refractivity contribution in [1.82, 2.24) is 5.16 Å². The number of nitrogens with zero attached hydrogens (tertiary/aromatic N) is 1. The predicted molar refractivity (Wildman–Crippen MR) is 61.4 cm³/mol. The number of carbonyl (C=O) groups is 1. The van der Waals surface area contributed by atoms with Gasteiger partial charge in [0.05, 0.1) is 17.7 Å². The van der Waals surface area contributed by atoms with Gasteiger partial charge in [0.1, 0.15) is 0 Å². The Morgan fingerprint density at radius 1 is 1.30 bits per heavy atom. The van der Waals surface area contributed by atoms with Crippen molar-refractivity contribution in [3.8, 4) is 11.3 Å². The third-order valence-electron chi connectivity index (χ3n) is 2.65. The standard InChI is InChI=1S/C12H9F3N2O3/c13-12(14,15)7-3-1-6(2-4-7)10-8(5-18)9(11(16)19)17-20-10/h1-4,18H,5H2,(H2,16,19). The summed E-state index contributed by atoms with van der Waals surface area (Å²) in [6.07, 6.45) is -4.45. The quantitative estimate of drug-likeness (QED) is 0.902. The molecule has 0 radical (unpaired) electrons. The molecule has 106 valence electrons. The Hall–Kier alpha value is -2.35. The van der Waals surface area contributed by atoms with Crippen LogP contribution in [0.25, 0.3) is 11.3 Å². The first-order chi connectivity index (χ1) is 9.34. The number of benzene rings is 1. The number of rotatable bonds is 3. The maximum absolute atomic E-state index is 12.4. The topological polar surface area (TPSA) is 89.4 Å². The van der Waals surface area contributed by atoms with Gasteiger partial charge in [-0.05, 0) is 12.1 Å². The van der Waals surface area contributed by atoms with Crippen LogP contribution in [0.3, 0.4) is 0 Å². The fourth-order valence-electron chi connectivity index (χ4n) is 1.69. The van der Waals surface area contributed by atoms with Crippen LogP contribution in [0.4, 0.5) is 13.2 Å². The van der Waals surface area contributed by atoms with Crippen LogP contribution in [0.1, 0.15) is 21.6 Å². The van der Waals surface area contributed by atoms with Gasteiger partial charge in [-0.25, -0.2) is 0 Å². The minimum absolute atomic E-state index is 0.00928. The van der Waals surface area contributed by atoms with Crippen LogP contribution in [0, 0.1) is 0 Å². The number of alkyl halides is 3. The second-order valence-electron chi connectivity index (χ2n) is 3.94. The van der Waals surface area contributed by atoms with E-state index in [4.69, 9.17) is 10.3 Å². The summed E-state index contributed by atoms with van der Waals surface area (Å²) in [6, 6.07) is 4.05. The van der Waals surface area contributed by atoms with Crippen LogP contribution in [-0.4, -0.2) is 16.2 Å². The molecule has 5 nitrogen and oxygen atoms in total. The van der Waals surface area contributed by atoms with E-state index in [9.17, 15) is 23.1 Å². The molecule has 1 heterocycles. The third-order valence-corrected chi connectivity index (χ3v) is 2.65. The van der Waals surface area contributed by atoms with E-state index in [0.29, 0.717) is 0 Å². The zero-order chi connectivity index (χ0) is 14.9. The molecule has 0 unspecified atom stereocenters. The van der Waals surface area contributed by atoms with E-state index in [1.54, 1.807) is 0 Å². The Labute approximate surface area is 110 Å². The number of amides is 1. The fourth-order valence-corrected chi connectivity index (χ4v) is 1.69. The lowest BCUT2D eigenvalue weighted by Crippen LogP contribution is -2.13. The predicted octanol–water partition coefficient (Wildman–Crippen LogP) is 1.95. The van der Waals surface area contributed by atoms with Crippen molar-refractivity contribution in [2.24, 2.45) is 5.73 Å². The first kappa shape index (κ1) is 14.1. The molecule has 8 heteroatoms. The van der Waals surface area contributed by atoms with Crippen molar-refractivity contribution in [3.05, 3.63) is 41.1 Å². The van der Waals surface area contributed by atoms with Crippen LogP contribution in [-0.2, 0) is 12.8 Å². The Morgan fingerprint density at radius 2 is 1.90 bits per heavy atom. The van der Waals surface area contributed by atoms with Crippen molar-refractivity contribution in [2.75, 3.05) is 0 Å². The molecule has 0 aliphatic carbocycles. The number of hydrogen-bond donors (Lipinski definition) is 2. The number of carbonyl (C=O) groups excluding carboxylic acids is 1. The lowest BCUT2D eigenvalue weighted by Gasteiger charge is -2.06. The normalized spacial score (nSPS) is 11.6. The molecular formula is C12H9F3N2O3. The third kappa shape index (κ3) is 2.50. The van der Waals surface area contributed by atoms with Crippen molar-refractivity contribution in [1.29, 1.82) is 0 Å². The lowest BCUT2D eigenvalue weighted by atomic mass is 10.0. The highest BCUT2D eigenvalue weighted by atomic mass is 19.4. The Morgan fingerprint density at radius 3 is 2.35 bits per heavy atom. The van der Waals surface area contributed by atoms with Gasteiger partial charge in [-0.15, -0.1) is 0 Å². The van der Waals surface area contributed by atoms with Gasteiger partial charge in [-0.3, -0.25) is 4.79 Å².